The van der Waals surface area contributed by atoms with Crippen molar-refractivity contribution < 1.29 is 4.39 Å². The number of benzene rings is 2. The molecule has 0 saturated heterocycles. The molecule has 4 atom stereocenters. The van der Waals surface area contributed by atoms with Gasteiger partial charge in [0.1, 0.15) is 5.82 Å². The fourth-order valence-electron chi connectivity index (χ4n) is 5.87. The standard InChI is InChI=1S/C27H35F/c1-3-5-6-7-20-10-13-25-18-24(14-15-26(25)27(20)28)23-12-11-21-16-19(4-2)8-9-22(21)17-23/h3,5,10,13-15,18-19,21-23H,4,6-9,11-12,16-17H2,1-2H3/b5-3+/t19?,21-,22?,23-/m1/s1. The van der Waals surface area contributed by atoms with Crippen LogP contribution in [-0.2, 0) is 6.42 Å². The van der Waals surface area contributed by atoms with Crippen LogP contribution < -0.4 is 0 Å². The summed E-state index contributed by atoms with van der Waals surface area (Å²) in [7, 11) is 0. The van der Waals surface area contributed by atoms with Crippen molar-refractivity contribution in [3.63, 3.8) is 0 Å². The van der Waals surface area contributed by atoms with Crippen LogP contribution in [0.5, 0.6) is 0 Å². The summed E-state index contributed by atoms with van der Waals surface area (Å²) in [6, 6.07) is 10.7. The van der Waals surface area contributed by atoms with E-state index in [9.17, 15) is 4.39 Å². The maximum atomic E-state index is 14.9. The van der Waals surface area contributed by atoms with Crippen molar-refractivity contribution in [3.8, 4) is 0 Å². The number of aryl methyl sites for hydroxylation is 1. The van der Waals surface area contributed by atoms with Crippen molar-refractivity contribution in [1.82, 2.24) is 0 Å². The molecule has 0 amide bonds. The Labute approximate surface area is 170 Å². The van der Waals surface area contributed by atoms with Crippen LogP contribution in [0.4, 0.5) is 4.39 Å². The van der Waals surface area contributed by atoms with Gasteiger partial charge in [0.15, 0.2) is 0 Å². The third-order valence-electron chi connectivity index (χ3n) is 7.64. The Morgan fingerprint density at radius 1 is 1.00 bits per heavy atom. The molecule has 2 aliphatic carbocycles. The maximum absolute atomic E-state index is 14.9. The molecule has 0 bridgehead atoms. The molecule has 0 radical (unpaired) electrons. The quantitative estimate of drug-likeness (QED) is 0.460. The highest BCUT2D eigenvalue weighted by molar-refractivity contribution is 5.84. The van der Waals surface area contributed by atoms with Crippen LogP contribution in [-0.4, -0.2) is 0 Å². The van der Waals surface area contributed by atoms with E-state index in [-0.39, 0.29) is 5.82 Å². The number of hydrogen-bond donors (Lipinski definition) is 0. The molecule has 2 aliphatic rings. The van der Waals surface area contributed by atoms with Gasteiger partial charge >= 0.3 is 0 Å². The predicted octanol–water partition coefficient (Wildman–Crippen LogP) is 8.20. The van der Waals surface area contributed by atoms with Crippen molar-refractivity contribution in [2.24, 2.45) is 17.8 Å². The van der Waals surface area contributed by atoms with E-state index in [0.29, 0.717) is 5.92 Å². The number of fused-ring (bicyclic) bond motifs is 2. The van der Waals surface area contributed by atoms with E-state index in [1.807, 2.05) is 25.1 Å². The fourth-order valence-corrected chi connectivity index (χ4v) is 5.87. The Morgan fingerprint density at radius 2 is 1.82 bits per heavy atom. The van der Waals surface area contributed by atoms with Crippen molar-refractivity contribution in [2.45, 2.75) is 77.6 Å². The first-order chi connectivity index (χ1) is 13.7. The Hall–Kier alpha value is -1.63. The van der Waals surface area contributed by atoms with Crippen LogP contribution in [0.3, 0.4) is 0 Å². The van der Waals surface area contributed by atoms with Crippen LogP contribution in [0, 0.1) is 23.6 Å². The van der Waals surface area contributed by atoms with Crippen molar-refractivity contribution in [1.29, 1.82) is 0 Å². The molecule has 0 aromatic heterocycles. The second kappa shape index (κ2) is 8.80. The van der Waals surface area contributed by atoms with Crippen LogP contribution in [0.15, 0.2) is 42.5 Å². The normalized spacial score (nSPS) is 28.0. The average Bonchev–Trinajstić information content (AvgIpc) is 2.74. The maximum Gasteiger partial charge on any atom is 0.134 e. The number of rotatable bonds is 5. The first kappa shape index (κ1) is 19.7. The second-order valence-corrected chi connectivity index (χ2v) is 9.24. The molecule has 2 unspecified atom stereocenters. The molecule has 28 heavy (non-hydrogen) atoms. The van der Waals surface area contributed by atoms with Crippen LogP contribution in [0.2, 0.25) is 0 Å². The van der Waals surface area contributed by atoms with Crippen LogP contribution in [0.1, 0.15) is 82.3 Å². The highest BCUT2D eigenvalue weighted by Crippen LogP contribution is 2.48. The molecule has 0 spiro atoms. The average molecular weight is 379 g/mol. The lowest BCUT2D eigenvalue weighted by Gasteiger charge is -2.42. The third kappa shape index (κ3) is 4.04. The van der Waals surface area contributed by atoms with E-state index in [2.05, 4.69) is 31.2 Å². The summed E-state index contributed by atoms with van der Waals surface area (Å²) in [4.78, 5) is 0. The highest BCUT2D eigenvalue weighted by atomic mass is 19.1. The third-order valence-corrected chi connectivity index (χ3v) is 7.64. The minimum Gasteiger partial charge on any atom is -0.206 e. The Balaban J connectivity index is 1.50. The fraction of sp³-hybridized carbons (Fsp3) is 0.556. The largest absolute Gasteiger partial charge is 0.206 e. The van der Waals surface area contributed by atoms with E-state index in [1.165, 1.54) is 50.5 Å². The SMILES string of the molecule is C/C=C/CCc1ccc2cc([C@@H]3CC[C@@H]4CC(CC)CCC4C3)ccc2c1F. The summed E-state index contributed by atoms with van der Waals surface area (Å²) in [5, 5.41) is 1.86. The topological polar surface area (TPSA) is 0 Å². The molecule has 150 valence electrons. The van der Waals surface area contributed by atoms with Gasteiger partial charge in [-0.15, -0.1) is 0 Å². The first-order valence-corrected chi connectivity index (χ1v) is 11.5. The lowest BCUT2D eigenvalue weighted by molar-refractivity contribution is 0.116. The monoisotopic (exact) mass is 378 g/mol. The van der Waals surface area contributed by atoms with Gasteiger partial charge < -0.3 is 0 Å². The number of halogens is 1. The van der Waals surface area contributed by atoms with E-state index in [1.54, 1.807) is 0 Å². The van der Waals surface area contributed by atoms with Gasteiger partial charge in [0, 0.05) is 5.39 Å². The summed E-state index contributed by atoms with van der Waals surface area (Å²) in [5.74, 6) is 3.51. The number of hydrogen-bond acceptors (Lipinski definition) is 0. The molecule has 2 fully saturated rings. The Kier molecular flexibility index (Phi) is 6.19. The minimum atomic E-state index is -0.0184. The van der Waals surface area contributed by atoms with E-state index in [4.69, 9.17) is 0 Å². The van der Waals surface area contributed by atoms with Crippen molar-refractivity contribution in [2.75, 3.05) is 0 Å². The Bertz CT molecular complexity index is 834. The zero-order valence-electron chi connectivity index (χ0n) is 17.6. The molecular weight excluding hydrogens is 343 g/mol. The molecule has 2 saturated carbocycles. The number of allylic oxidation sites excluding steroid dienone is 2. The van der Waals surface area contributed by atoms with Gasteiger partial charge in [-0.25, -0.2) is 4.39 Å². The molecule has 0 aliphatic heterocycles. The van der Waals surface area contributed by atoms with Gasteiger partial charge in [-0.1, -0.05) is 62.2 Å². The zero-order chi connectivity index (χ0) is 19.5. The van der Waals surface area contributed by atoms with E-state index >= 15 is 0 Å². The van der Waals surface area contributed by atoms with Gasteiger partial charge in [-0.3, -0.25) is 0 Å². The molecule has 1 heteroatoms. The summed E-state index contributed by atoms with van der Waals surface area (Å²) >= 11 is 0. The molecule has 0 heterocycles. The van der Waals surface area contributed by atoms with Crippen LogP contribution >= 0.6 is 0 Å². The van der Waals surface area contributed by atoms with Crippen LogP contribution in [0.25, 0.3) is 10.8 Å². The molecule has 0 N–H and O–H groups in total. The van der Waals surface area contributed by atoms with Gasteiger partial charge in [0.05, 0.1) is 0 Å². The first-order valence-electron chi connectivity index (χ1n) is 11.5. The smallest absolute Gasteiger partial charge is 0.134 e. The van der Waals surface area contributed by atoms with E-state index in [0.717, 1.165) is 46.9 Å². The minimum absolute atomic E-state index is 0.0184. The lowest BCUT2D eigenvalue weighted by Crippen LogP contribution is -2.30. The second-order valence-electron chi connectivity index (χ2n) is 9.24. The predicted molar refractivity (Wildman–Crippen MR) is 118 cm³/mol. The van der Waals surface area contributed by atoms with E-state index < -0.39 is 0 Å². The summed E-state index contributed by atoms with van der Waals surface area (Å²) < 4.78 is 14.9. The summed E-state index contributed by atoms with van der Waals surface area (Å²) in [5.41, 5.74) is 2.27. The van der Waals surface area contributed by atoms with Gasteiger partial charge in [0.25, 0.3) is 0 Å². The van der Waals surface area contributed by atoms with Crippen molar-refractivity contribution >= 4 is 10.8 Å². The van der Waals surface area contributed by atoms with Gasteiger partial charge in [0.2, 0.25) is 0 Å². The summed E-state index contributed by atoms with van der Waals surface area (Å²) in [6.45, 7) is 4.37. The Morgan fingerprint density at radius 3 is 2.64 bits per heavy atom. The summed E-state index contributed by atoms with van der Waals surface area (Å²) in [6.07, 6.45) is 15.6. The van der Waals surface area contributed by atoms with Gasteiger partial charge in [-0.2, -0.15) is 0 Å². The molecule has 2 aromatic carbocycles. The molecular formula is C27H35F. The van der Waals surface area contributed by atoms with Gasteiger partial charge in [-0.05, 0) is 92.1 Å². The lowest BCUT2D eigenvalue weighted by atomic mass is 9.63. The highest BCUT2D eigenvalue weighted by Gasteiger charge is 2.35. The molecule has 0 nitrogen and oxygen atoms in total. The molecule has 4 rings (SSSR count). The molecule has 2 aromatic rings. The van der Waals surface area contributed by atoms with Crippen molar-refractivity contribution in [3.05, 3.63) is 59.4 Å². The zero-order valence-corrected chi connectivity index (χ0v) is 17.6.